The summed E-state index contributed by atoms with van der Waals surface area (Å²) in [4.78, 5) is 32.7. The lowest BCUT2D eigenvalue weighted by Crippen LogP contribution is -2.20. The van der Waals surface area contributed by atoms with E-state index in [0.717, 1.165) is 0 Å². The number of halogens is 4. The number of fused-ring (bicyclic) bond motifs is 1. The molecule has 0 aliphatic carbocycles. The van der Waals surface area contributed by atoms with Crippen LogP contribution in [0.1, 0.15) is 5.56 Å². The number of nitrogens with one attached hydrogen (secondary N) is 4. The fraction of sp³-hybridized carbons (Fsp3) is 0.0500. The second-order valence-corrected chi connectivity index (χ2v) is 6.51. The molecule has 12 heteroatoms. The van der Waals surface area contributed by atoms with Crippen molar-refractivity contribution in [3.63, 3.8) is 0 Å². The highest BCUT2D eigenvalue weighted by molar-refractivity contribution is 6.00. The van der Waals surface area contributed by atoms with Crippen molar-refractivity contribution in [1.29, 1.82) is 0 Å². The molecule has 2 amide bonds. The van der Waals surface area contributed by atoms with Crippen molar-refractivity contribution in [2.45, 2.75) is 6.18 Å². The lowest BCUT2D eigenvalue weighted by Gasteiger charge is -2.12. The van der Waals surface area contributed by atoms with Gasteiger partial charge in [0, 0.05) is 24.0 Å². The molecule has 164 valence electrons. The number of aromatic nitrogens is 3. The average molecular weight is 447 g/mol. The topological polar surface area (TPSA) is 112 Å². The van der Waals surface area contributed by atoms with Crippen LogP contribution < -0.4 is 21.1 Å². The number of nitrogens with zero attached hydrogens (tertiary/aromatic N) is 1. The number of hydrogen-bond acceptors (Lipinski definition) is 4. The minimum Gasteiger partial charge on any atom is -0.455 e. The van der Waals surface area contributed by atoms with Crippen molar-refractivity contribution < 1.29 is 27.1 Å². The van der Waals surface area contributed by atoms with Crippen LogP contribution in [0.2, 0.25) is 0 Å². The zero-order chi connectivity index (χ0) is 22.9. The minimum absolute atomic E-state index is 0.222. The van der Waals surface area contributed by atoms with Gasteiger partial charge in [0.1, 0.15) is 17.1 Å². The smallest absolute Gasteiger partial charge is 0.416 e. The summed E-state index contributed by atoms with van der Waals surface area (Å²) in [5.41, 5.74) is -1.33. The van der Waals surface area contributed by atoms with E-state index < -0.39 is 35.0 Å². The molecule has 0 bridgehead atoms. The molecule has 0 saturated heterocycles. The third kappa shape index (κ3) is 4.53. The number of rotatable bonds is 4. The highest BCUT2D eigenvalue weighted by atomic mass is 19.4. The Hall–Kier alpha value is -4.35. The van der Waals surface area contributed by atoms with Crippen molar-refractivity contribution >= 4 is 28.6 Å². The van der Waals surface area contributed by atoms with Crippen LogP contribution in [0, 0.1) is 5.82 Å². The van der Waals surface area contributed by atoms with Gasteiger partial charge >= 0.3 is 17.9 Å². The van der Waals surface area contributed by atoms with Gasteiger partial charge in [-0.2, -0.15) is 13.2 Å². The number of carbonyl (C=O) groups is 1. The number of ether oxygens (including phenoxy) is 1. The minimum atomic E-state index is -4.69. The van der Waals surface area contributed by atoms with E-state index in [1.165, 1.54) is 24.4 Å². The highest BCUT2D eigenvalue weighted by Gasteiger charge is 2.31. The summed E-state index contributed by atoms with van der Waals surface area (Å²) in [6.45, 7) is 0. The molecule has 0 atom stereocenters. The van der Waals surface area contributed by atoms with E-state index in [1.807, 2.05) is 5.32 Å². The predicted octanol–water partition coefficient (Wildman–Crippen LogP) is 4.85. The number of alkyl halides is 3. The van der Waals surface area contributed by atoms with Gasteiger partial charge in [0.05, 0.1) is 11.3 Å². The molecule has 0 aliphatic rings. The van der Waals surface area contributed by atoms with Gasteiger partial charge in [-0.05, 0) is 30.3 Å². The largest absolute Gasteiger partial charge is 0.455 e. The van der Waals surface area contributed by atoms with E-state index >= 15 is 0 Å². The first-order valence-electron chi connectivity index (χ1n) is 8.99. The van der Waals surface area contributed by atoms with Crippen LogP contribution in [0.5, 0.6) is 11.5 Å². The summed E-state index contributed by atoms with van der Waals surface area (Å²) < 4.78 is 58.0. The molecule has 2 heterocycles. The number of pyridine rings is 1. The van der Waals surface area contributed by atoms with Crippen LogP contribution in [-0.4, -0.2) is 21.0 Å². The van der Waals surface area contributed by atoms with E-state index in [-0.39, 0.29) is 11.4 Å². The highest BCUT2D eigenvalue weighted by Crippen LogP contribution is 2.32. The van der Waals surface area contributed by atoms with Crippen LogP contribution in [0.15, 0.2) is 59.5 Å². The Kier molecular flexibility index (Phi) is 5.26. The Bertz CT molecular complexity index is 1360. The van der Waals surface area contributed by atoms with Crippen LogP contribution >= 0.6 is 0 Å². The quantitative estimate of drug-likeness (QED) is 0.335. The van der Waals surface area contributed by atoms with Gasteiger partial charge in [-0.25, -0.2) is 19.0 Å². The molecule has 4 N–H and O–H groups in total. The Morgan fingerprint density at radius 3 is 2.62 bits per heavy atom. The predicted molar refractivity (Wildman–Crippen MR) is 107 cm³/mol. The number of carbonyl (C=O) groups excluding carboxylic acids is 1. The number of anilines is 2. The third-order valence-electron chi connectivity index (χ3n) is 4.24. The number of imidazole rings is 1. The van der Waals surface area contributed by atoms with Gasteiger partial charge in [-0.1, -0.05) is 6.07 Å². The number of aromatic amines is 2. The number of urea groups is 1. The summed E-state index contributed by atoms with van der Waals surface area (Å²) in [6, 6.07) is 8.31. The fourth-order valence-corrected chi connectivity index (χ4v) is 2.84. The molecule has 2 aromatic carbocycles. The van der Waals surface area contributed by atoms with Crippen LogP contribution in [0.25, 0.3) is 11.2 Å². The summed E-state index contributed by atoms with van der Waals surface area (Å²) in [5, 5.41) is 4.44. The molecular weight excluding hydrogens is 434 g/mol. The second kappa shape index (κ2) is 8.06. The van der Waals surface area contributed by atoms with Crippen molar-refractivity contribution in [2.24, 2.45) is 0 Å². The standard InChI is InChI=1S/C20H13F4N5O3/c21-13-5-4-10(20(22,23)24)8-14(13)27-18(30)26-11-2-1-3-12(9-11)32-15-6-7-25-17-16(15)28-19(31)29-17/h1-9H,(H2,26,27,30)(H2,25,28,29,31). The molecule has 32 heavy (non-hydrogen) atoms. The molecule has 0 spiro atoms. The maximum Gasteiger partial charge on any atom is 0.416 e. The first-order valence-corrected chi connectivity index (χ1v) is 8.99. The SMILES string of the molecule is O=C(Nc1cccc(Oc2ccnc3[nH]c(=O)[nH]c23)c1)Nc1cc(C(F)(F)F)ccc1F. The lowest BCUT2D eigenvalue weighted by molar-refractivity contribution is -0.137. The van der Waals surface area contributed by atoms with Gasteiger partial charge in [-0.15, -0.1) is 0 Å². The van der Waals surface area contributed by atoms with Crippen molar-refractivity contribution in [1.82, 2.24) is 15.0 Å². The first-order chi connectivity index (χ1) is 15.2. The van der Waals surface area contributed by atoms with E-state index in [1.54, 1.807) is 12.1 Å². The van der Waals surface area contributed by atoms with Crippen molar-refractivity contribution in [3.8, 4) is 11.5 Å². The normalized spacial score (nSPS) is 11.4. The van der Waals surface area contributed by atoms with Crippen LogP contribution in [0.4, 0.5) is 33.7 Å². The Morgan fingerprint density at radius 1 is 1.03 bits per heavy atom. The molecule has 8 nitrogen and oxygen atoms in total. The molecule has 2 aromatic heterocycles. The van der Waals surface area contributed by atoms with E-state index in [4.69, 9.17) is 4.74 Å². The Balaban J connectivity index is 1.49. The number of H-pyrrole nitrogens is 2. The average Bonchev–Trinajstić information content (AvgIpc) is 3.10. The summed E-state index contributed by atoms with van der Waals surface area (Å²) in [5.74, 6) is -0.448. The molecule has 0 radical (unpaired) electrons. The van der Waals surface area contributed by atoms with E-state index in [0.29, 0.717) is 35.1 Å². The molecule has 4 aromatic rings. The van der Waals surface area contributed by atoms with Gasteiger partial charge in [0.2, 0.25) is 0 Å². The fourth-order valence-electron chi connectivity index (χ4n) is 2.84. The molecular formula is C20H13F4N5O3. The van der Waals surface area contributed by atoms with Crippen LogP contribution in [-0.2, 0) is 6.18 Å². The molecule has 0 unspecified atom stereocenters. The van der Waals surface area contributed by atoms with E-state index in [2.05, 4.69) is 20.3 Å². The Labute approximate surface area is 176 Å². The lowest BCUT2D eigenvalue weighted by atomic mass is 10.2. The maximum absolute atomic E-state index is 13.8. The van der Waals surface area contributed by atoms with Crippen molar-refractivity contribution in [3.05, 3.63) is 76.6 Å². The van der Waals surface area contributed by atoms with Gasteiger partial charge < -0.3 is 20.4 Å². The summed E-state index contributed by atoms with van der Waals surface area (Å²) >= 11 is 0. The number of amides is 2. The molecule has 0 fully saturated rings. The maximum atomic E-state index is 13.8. The molecule has 0 saturated carbocycles. The zero-order valence-corrected chi connectivity index (χ0v) is 15.9. The number of hydrogen-bond donors (Lipinski definition) is 4. The third-order valence-corrected chi connectivity index (χ3v) is 4.24. The van der Waals surface area contributed by atoms with Crippen LogP contribution in [0.3, 0.4) is 0 Å². The Morgan fingerprint density at radius 2 is 1.84 bits per heavy atom. The number of benzene rings is 2. The zero-order valence-electron chi connectivity index (χ0n) is 15.9. The van der Waals surface area contributed by atoms with Gasteiger partial charge in [0.25, 0.3) is 0 Å². The molecule has 0 aliphatic heterocycles. The molecule has 4 rings (SSSR count). The summed E-state index contributed by atoms with van der Waals surface area (Å²) in [6.07, 6.45) is -3.25. The van der Waals surface area contributed by atoms with Gasteiger partial charge in [-0.3, -0.25) is 4.98 Å². The second-order valence-electron chi connectivity index (χ2n) is 6.51. The monoisotopic (exact) mass is 447 g/mol. The van der Waals surface area contributed by atoms with Gasteiger partial charge in [0.15, 0.2) is 11.4 Å². The summed E-state index contributed by atoms with van der Waals surface area (Å²) in [7, 11) is 0. The first kappa shape index (κ1) is 20.9. The van der Waals surface area contributed by atoms with E-state index in [9.17, 15) is 27.2 Å². The van der Waals surface area contributed by atoms with Crippen molar-refractivity contribution in [2.75, 3.05) is 10.6 Å².